The monoisotopic (exact) mass is 266 g/mol. The summed E-state index contributed by atoms with van der Waals surface area (Å²) in [6, 6.07) is 4.31. The molecule has 1 fully saturated rings. The Kier molecular flexibility index (Phi) is 4.78. The van der Waals surface area contributed by atoms with Crippen molar-refractivity contribution >= 4 is 17.2 Å². The lowest BCUT2D eigenvalue weighted by Gasteiger charge is -2.32. The van der Waals surface area contributed by atoms with Crippen LogP contribution in [-0.4, -0.2) is 23.9 Å². The Balaban J connectivity index is 1.73. The number of carbonyl (C=O) groups excluding carboxylic acids is 1. The summed E-state index contributed by atoms with van der Waals surface area (Å²) in [7, 11) is 0. The van der Waals surface area contributed by atoms with Crippen molar-refractivity contribution in [1.29, 1.82) is 0 Å². The smallest absolute Gasteiger partial charge is 0.220 e. The quantitative estimate of drug-likeness (QED) is 0.890. The van der Waals surface area contributed by atoms with Gasteiger partial charge in [0, 0.05) is 17.3 Å². The van der Waals surface area contributed by atoms with Crippen LogP contribution >= 0.6 is 11.3 Å². The minimum absolute atomic E-state index is 0.0267. The molecule has 1 saturated heterocycles. The summed E-state index contributed by atoms with van der Waals surface area (Å²) in [6.07, 6.45) is 3.36. The number of hydrogen-bond acceptors (Lipinski definition) is 3. The van der Waals surface area contributed by atoms with Crippen molar-refractivity contribution < 1.29 is 4.79 Å². The van der Waals surface area contributed by atoms with E-state index in [1.54, 1.807) is 0 Å². The van der Waals surface area contributed by atoms with E-state index in [0.29, 0.717) is 5.92 Å². The minimum Gasteiger partial charge on any atom is -0.369 e. The van der Waals surface area contributed by atoms with E-state index in [2.05, 4.69) is 22.4 Å². The third kappa shape index (κ3) is 3.82. The summed E-state index contributed by atoms with van der Waals surface area (Å²) in [5, 5.41) is 2.14. The maximum absolute atomic E-state index is 11.1. The van der Waals surface area contributed by atoms with Crippen molar-refractivity contribution in [2.24, 2.45) is 17.6 Å². The summed E-state index contributed by atoms with van der Waals surface area (Å²) in [6.45, 7) is 5.32. The third-order valence-electron chi connectivity index (χ3n) is 3.84. The number of thiophene rings is 1. The van der Waals surface area contributed by atoms with Crippen LogP contribution in [0.5, 0.6) is 0 Å². The molecule has 100 valence electrons. The molecule has 3 nitrogen and oxygen atoms in total. The molecule has 0 saturated carbocycles. The zero-order valence-corrected chi connectivity index (χ0v) is 11.8. The molecule has 1 atom stereocenters. The number of rotatable bonds is 5. The van der Waals surface area contributed by atoms with E-state index in [0.717, 1.165) is 26.1 Å². The number of carbonyl (C=O) groups is 1. The first-order chi connectivity index (χ1) is 8.65. The molecular weight excluding hydrogens is 244 g/mol. The Morgan fingerprint density at radius 1 is 1.56 bits per heavy atom. The molecule has 0 spiro atoms. The van der Waals surface area contributed by atoms with Gasteiger partial charge in [-0.3, -0.25) is 9.69 Å². The van der Waals surface area contributed by atoms with Crippen molar-refractivity contribution in [2.45, 2.75) is 32.7 Å². The van der Waals surface area contributed by atoms with Gasteiger partial charge in [0.05, 0.1) is 0 Å². The summed E-state index contributed by atoms with van der Waals surface area (Å²) < 4.78 is 0. The Morgan fingerprint density at radius 3 is 2.83 bits per heavy atom. The standard InChI is InChI=1S/C14H22N2OS/c1-11(14(15)17)9-12-4-6-16(7-5-12)10-13-3-2-8-18-13/h2-3,8,11-12H,4-7,9-10H2,1H3,(H2,15,17). The van der Waals surface area contributed by atoms with Crippen LogP contribution in [-0.2, 0) is 11.3 Å². The van der Waals surface area contributed by atoms with Gasteiger partial charge in [-0.15, -0.1) is 11.3 Å². The molecule has 1 amide bonds. The van der Waals surface area contributed by atoms with Gasteiger partial charge < -0.3 is 5.73 Å². The molecule has 1 aliphatic heterocycles. The van der Waals surface area contributed by atoms with Gasteiger partial charge in [0.2, 0.25) is 5.91 Å². The summed E-state index contributed by atoms with van der Waals surface area (Å²) >= 11 is 1.83. The van der Waals surface area contributed by atoms with Gasteiger partial charge in [-0.05, 0) is 49.7 Å². The number of nitrogens with zero attached hydrogens (tertiary/aromatic N) is 1. The predicted molar refractivity (Wildman–Crippen MR) is 75.3 cm³/mol. The van der Waals surface area contributed by atoms with E-state index in [1.165, 1.54) is 17.7 Å². The molecule has 0 radical (unpaired) electrons. The highest BCUT2D eigenvalue weighted by atomic mass is 32.1. The first kappa shape index (κ1) is 13.6. The lowest BCUT2D eigenvalue weighted by Crippen LogP contribution is -2.34. The van der Waals surface area contributed by atoms with E-state index < -0.39 is 0 Å². The van der Waals surface area contributed by atoms with Gasteiger partial charge in [0.25, 0.3) is 0 Å². The molecule has 0 bridgehead atoms. The van der Waals surface area contributed by atoms with Crippen LogP contribution in [0.2, 0.25) is 0 Å². The van der Waals surface area contributed by atoms with Gasteiger partial charge in [-0.1, -0.05) is 13.0 Å². The number of primary amides is 1. The minimum atomic E-state index is -0.156. The van der Waals surface area contributed by atoms with Crippen molar-refractivity contribution in [3.05, 3.63) is 22.4 Å². The average molecular weight is 266 g/mol. The molecule has 1 aromatic rings. The van der Waals surface area contributed by atoms with Crippen LogP contribution in [0, 0.1) is 11.8 Å². The maximum atomic E-state index is 11.1. The van der Waals surface area contributed by atoms with Crippen LogP contribution in [0.25, 0.3) is 0 Å². The number of amides is 1. The first-order valence-corrected chi connectivity index (χ1v) is 7.57. The fraction of sp³-hybridized carbons (Fsp3) is 0.643. The fourth-order valence-corrected chi connectivity index (χ4v) is 3.37. The molecular formula is C14H22N2OS. The highest BCUT2D eigenvalue weighted by molar-refractivity contribution is 7.09. The summed E-state index contributed by atoms with van der Waals surface area (Å²) in [5.74, 6) is 0.543. The molecule has 1 aromatic heterocycles. The lowest BCUT2D eigenvalue weighted by atomic mass is 9.87. The zero-order valence-electron chi connectivity index (χ0n) is 11.0. The van der Waals surface area contributed by atoms with Crippen LogP contribution in [0.15, 0.2) is 17.5 Å². The van der Waals surface area contributed by atoms with Gasteiger partial charge in [0.15, 0.2) is 0 Å². The van der Waals surface area contributed by atoms with E-state index in [4.69, 9.17) is 5.73 Å². The zero-order chi connectivity index (χ0) is 13.0. The van der Waals surface area contributed by atoms with Crippen molar-refractivity contribution in [2.75, 3.05) is 13.1 Å². The van der Waals surface area contributed by atoms with E-state index >= 15 is 0 Å². The lowest BCUT2D eigenvalue weighted by molar-refractivity contribution is -0.121. The average Bonchev–Trinajstić information content (AvgIpc) is 2.84. The second-order valence-corrected chi connectivity index (χ2v) is 6.37. The largest absolute Gasteiger partial charge is 0.369 e. The number of nitrogens with two attached hydrogens (primary N) is 1. The fourth-order valence-electron chi connectivity index (χ4n) is 2.62. The third-order valence-corrected chi connectivity index (χ3v) is 4.70. The Morgan fingerprint density at radius 2 is 2.28 bits per heavy atom. The van der Waals surface area contributed by atoms with Gasteiger partial charge in [-0.25, -0.2) is 0 Å². The summed E-state index contributed by atoms with van der Waals surface area (Å²) in [4.78, 5) is 15.0. The predicted octanol–water partition coefficient (Wildman–Crippen LogP) is 2.47. The van der Waals surface area contributed by atoms with Gasteiger partial charge in [-0.2, -0.15) is 0 Å². The van der Waals surface area contributed by atoms with Crippen molar-refractivity contribution in [1.82, 2.24) is 4.90 Å². The molecule has 1 unspecified atom stereocenters. The highest BCUT2D eigenvalue weighted by Crippen LogP contribution is 2.25. The molecule has 18 heavy (non-hydrogen) atoms. The number of hydrogen-bond donors (Lipinski definition) is 1. The van der Waals surface area contributed by atoms with Crippen LogP contribution in [0.3, 0.4) is 0 Å². The molecule has 2 rings (SSSR count). The van der Waals surface area contributed by atoms with E-state index in [9.17, 15) is 4.79 Å². The van der Waals surface area contributed by atoms with Crippen molar-refractivity contribution in [3.63, 3.8) is 0 Å². The molecule has 1 aliphatic rings. The molecule has 2 heterocycles. The van der Waals surface area contributed by atoms with Crippen LogP contribution in [0.1, 0.15) is 31.1 Å². The number of piperidine rings is 1. The molecule has 0 aromatic carbocycles. The SMILES string of the molecule is CC(CC1CCN(Cc2cccs2)CC1)C(N)=O. The Bertz CT molecular complexity index is 369. The second kappa shape index (κ2) is 6.34. The second-order valence-electron chi connectivity index (χ2n) is 5.34. The Labute approximate surface area is 113 Å². The molecule has 2 N–H and O–H groups in total. The maximum Gasteiger partial charge on any atom is 0.220 e. The Hall–Kier alpha value is -0.870. The van der Waals surface area contributed by atoms with E-state index in [-0.39, 0.29) is 11.8 Å². The van der Waals surface area contributed by atoms with Crippen LogP contribution < -0.4 is 5.73 Å². The topological polar surface area (TPSA) is 46.3 Å². The first-order valence-electron chi connectivity index (χ1n) is 6.69. The van der Waals surface area contributed by atoms with Gasteiger partial charge in [0.1, 0.15) is 0 Å². The van der Waals surface area contributed by atoms with E-state index in [1.807, 2.05) is 18.3 Å². The van der Waals surface area contributed by atoms with Crippen molar-refractivity contribution in [3.8, 4) is 0 Å². The van der Waals surface area contributed by atoms with Gasteiger partial charge >= 0.3 is 0 Å². The normalized spacial score (nSPS) is 19.8. The molecule has 0 aliphatic carbocycles. The molecule has 4 heteroatoms. The highest BCUT2D eigenvalue weighted by Gasteiger charge is 2.22. The van der Waals surface area contributed by atoms with Crippen LogP contribution in [0.4, 0.5) is 0 Å². The number of likely N-dealkylation sites (tertiary alicyclic amines) is 1. The summed E-state index contributed by atoms with van der Waals surface area (Å²) in [5.41, 5.74) is 5.32.